The topological polar surface area (TPSA) is 183 Å². The Hall–Kier alpha value is -5.97. The highest BCUT2D eigenvalue weighted by Crippen LogP contribution is 2.35. The van der Waals surface area contributed by atoms with E-state index in [1.165, 1.54) is 22.8 Å². The number of nitrogens with one attached hydrogen (secondary N) is 3. The number of amides is 5. The number of likely N-dealkylation sites (tertiary alicyclic amines) is 1. The second kappa shape index (κ2) is 15.9. The first-order chi connectivity index (χ1) is 27.5. The molecular formula is C40H45FN10O6. The summed E-state index contributed by atoms with van der Waals surface area (Å²) in [5, 5.41) is 11.9. The van der Waals surface area contributed by atoms with E-state index in [-0.39, 0.29) is 48.2 Å². The Balaban J connectivity index is 0.827. The Morgan fingerprint density at radius 2 is 1.79 bits per heavy atom. The number of halogens is 1. The summed E-state index contributed by atoms with van der Waals surface area (Å²) in [4.78, 5) is 78.7. The quantitative estimate of drug-likeness (QED) is 0.201. The number of ether oxygens (including phenoxy) is 1. The number of imide groups is 1. The normalized spacial score (nSPS) is 19.6. The molecule has 298 valence electrons. The summed E-state index contributed by atoms with van der Waals surface area (Å²) in [5.41, 5.74) is 2.76. The van der Waals surface area contributed by atoms with Crippen LogP contribution in [0.1, 0.15) is 89.1 Å². The van der Waals surface area contributed by atoms with E-state index >= 15 is 4.39 Å². The average Bonchev–Trinajstić information content (AvgIpc) is 3.77. The van der Waals surface area contributed by atoms with Crippen LogP contribution in [0.25, 0.3) is 5.65 Å². The zero-order valence-electron chi connectivity index (χ0n) is 31.9. The lowest BCUT2D eigenvalue weighted by atomic mass is 9.94. The fourth-order valence-electron chi connectivity index (χ4n) is 8.21. The zero-order chi connectivity index (χ0) is 39.8. The van der Waals surface area contributed by atoms with Gasteiger partial charge in [0.1, 0.15) is 28.8 Å². The molecule has 4 aliphatic rings. The number of nitrogens with zero attached hydrogens (tertiary/aromatic N) is 7. The maximum absolute atomic E-state index is 15.1. The highest BCUT2D eigenvalue weighted by atomic mass is 19.1. The van der Waals surface area contributed by atoms with Crippen LogP contribution in [0.3, 0.4) is 0 Å². The SMILES string of the molecule is CC(C)Oc1nc2c(cc1NC(=O)c1cnn3cccnc13)CN(C1CCN(CC3CCN(c4ccc(C(=O)NC5CCC(=O)NC5=O)c(F)c4)CC3)CC1)C2=O. The van der Waals surface area contributed by atoms with E-state index < -0.39 is 29.6 Å². The molecule has 3 fully saturated rings. The van der Waals surface area contributed by atoms with Crippen molar-refractivity contribution in [2.45, 2.75) is 77.1 Å². The standard InChI is InChI=1S/C40H45FN10O6/c1-23(2)57-39-32(45-37(54)29-20-43-51-13-3-12-42-35(29)51)18-25-22-50(40(56)34(25)47-39)26-10-14-48(15-11-26)21-24-8-16-49(17-9-24)27-4-5-28(30(41)19-27)36(53)44-31-6-7-33(52)46-38(31)55/h3-5,12-13,18-20,23-24,26,31H,6-11,14-17,21-22H2,1-2H3,(H,44,53)(H,45,54)(H,46,52,55). The van der Waals surface area contributed by atoms with Crippen LogP contribution >= 0.6 is 0 Å². The Morgan fingerprint density at radius 1 is 1.00 bits per heavy atom. The van der Waals surface area contributed by atoms with Gasteiger partial charge in [0.15, 0.2) is 5.65 Å². The Labute approximate surface area is 328 Å². The van der Waals surface area contributed by atoms with E-state index in [4.69, 9.17) is 4.74 Å². The van der Waals surface area contributed by atoms with Gasteiger partial charge < -0.3 is 30.1 Å². The number of benzene rings is 1. The highest BCUT2D eigenvalue weighted by Gasteiger charge is 2.38. The largest absolute Gasteiger partial charge is 0.473 e. The molecule has 5 amide bonds. The molecule has 8 rings (SSSR count). The molecular weight excluding hydrogens is 736 g/mol. The first-order valence-electron chi connectivity index (χ1n) is 19.5. The zero-order valence-corrected chi connectivity index (χ0v) is 31.9. The van der Waals surface area contributed by atoms with Crippen molar-refractivity contribution < 1.29 is 33.1 Å². The minimum absolute atomic E-state index is 0.0612. The van der Waals surface area contributed by atoms with Crippen LogP contribution in [0.4, 0.5) is 15.8 Å². The molecule has 3 saturated heterocycles. The van der Waals surface area contributed by atoms with Crippen LogP contribution in [-0.2, 0) is 16.1 Å². The van der Waals surface area contributed by atoms with Gasteiger partial charge >= 0.3 is 0 Å². The molecule has 4 aromatic rings. The number of anilines is 2. The number of hydrogen-bond donors (Lipinski definition) is 3. The number of rotatable bonds is 10. The van der Waals surface area contributed by atoms with Crippen molar-refractivity contribution in [3.63, 3.8) is 0 Å². The molecule has 17 heteroatoms. The molecule has 57 heavy (non-hydrogen) atoms. The maximum Gasteiger partial charge on any atom is 0.273 e. The fraction of sp³-hybridized carbons (Fsp3) is 0.450. The lowest BCUT2D eigenvalue weighted by molar-refractivity contribution is -0.134. The minimum atomic E-state index is -0.875. The lowest BCUT2D eigenvalue weighted by Gasteiger charge is -2.40. The summed E-state index contributed by atoms with van der Waals surface area (Å²) in [6, 6.07) is 7.25. The number of carbonyl (C=O) groups is 5. The van der Waals surface area contributed by atoms with Gasteiger partial charge in [-0.3, -0.25) is 29.3 Å². The fourth-order valence-corrected chi connectivity index (χ4v) is 8.21. The van der Waals surface area contributed by atoms with Gasteiger partial charge in [-0.2, -0.15) is 5.10 Å². The second-order valence-electron chi connectivity index (χ2n) is 15.5. The minimum Gasteiger partial charge on any atom is -0.473 e. The van der Waals surface area contributed by atoms with Crippen molar-refractivity contribution in [2.24, 2.45) is 5.92 Å². The number of pyridine rings is 1. The van der Waals surface area contributed by atoms with E-state index in [1.54, 1.807) is 30.6 Å². The Bertz CT molecular complexity index is 2230. The molecule has 1 atom stereocenters. The number of fused-ring (bicyclic) bond motifs is 2. The number of aromatic nitrogens is 4. The van der Waals surface area contributed by atoms with Gasteiger partial charge in [-0.15, -0.1) is 0 Å². The van der Waals surface area contributed by atoms with Crippen molar-refractivity contribution in [1.29, 1.82) is 0 Å². The lowest BCUT2D eigenvalue weighted by Crippen LogP contribution is -2.52. The van der Waals surface area contributed by atoms with Gasteiger partial charge in [-0.05, 0) is 82.2 Å². The van der Waals surface area contributed by atoms with Gasteiger partial charge in [0.2, 0.25) is 17.7 Å². The van der Waals surface area contributed by atoms with Crippen LogP contribution in [0.5, 0.6) is 5.88 Å². The van der Waals surface area contributed by atoms with Gasteiger partial charge in [0.25, 0.3) is 17.7 Å². The van der Waals surface area contributed by atoms with Crippen LogP contribution in [0.15, 0.2) is 48.9 Å². The molecule has 0 bridgehead atoms. The smallest absolute Gasteiger partial charge is 0.273 e. The predicted molar refractivity (Wildman–Crippen MR) is 205 cm³/mol. The van der Waals surface area contributed by atoms with Gasteiger partial charge in [-0.1, -0.05) is 0 Å². The molecule has 4 aliphatic heterocycles. The predicted octanol–water partition coefficient (Wildman–Crippen LogP) is 3.17. The van der Waals surface area contributed by atoms with Crippen molar-refractivity contribution in [1.82, 2.24) is 40.0 Å². The van der Waals surface area contributed by atoms with Crippen LogP contribution in [0.2, 0.25) is 0 Å². The Kier molecular flexibility index (Phi) is 10.6. The molecule has 3 N–H and O–H groups in total. The van der Waals surface area contributed by atoms with Gasteiger partial charge in [0, 0.05) is 75.4 Å². The third kappa shape index (κ3) is 8.01. The van der Waals surface area contributed by atoms with E-state index in [0.29, 0.717) is 40.7 Å². The van der Waals surface area contributed by atoms with E-state index in [1.807, 2.05) is 18.7 Å². The molecule has 0 aliphatic carbocycles. The van der Waals surface area contributed by atoms with Crippen LogP contribution in [-0.4, -0.2) is 110 Å². The van der Waals surface area contributed by atoms with Crippen molar-refractivity contribution >= 4 is 46.6 Å². The van der Waals surface area contributed by atoms with E-state index in [2.05, 4.69) is 40.8 Å². The number of hydrogen-bond acceptors (Lipinski definition) is 11. The van der Waals surface area contributed by atoms with E-state index in [0.717, 1.165) is 64.0 Å². The molecule has 16 nitrogen and oxygen atoms in total. The molecule has 0 saturated carbocycles. The molecule has 1 aromatic carbocycles. The van der Waals surface area contributed by atoms with Crippen LogP contribution < -0.4 is 25.6 Å². The van der Waals surface area contributed by atoms with Gasteiger partial charge in [-0.25, -0.2) is 18.9 Å². The van der Waals surface area contributed by atoms with Crippen molar-refractivity contribution in [2.75, 3.05) is 42.9 Å². The van der Waals surface area contributed by atoms with Crippen molar-refractivity contribution in [3.05, 3.63) is 77.1 Å². The van der Waals surface area contributed by atoms with Crippen molar-refractivity contribution in [3.8, 4) is 5.88 Å². The molecule has 0 radical (unpaired) electrons. The summed E-state index contributed by atoms with van der Waals surface area (Å²) in [7, 11) is 0. The second-order valence-corrected chi connectivity index (χ2v) is 15.5. The summed E-state index contributed by atoms with van der Waals surface area (Å²) in [6.07, 6.45) is 8.39. The summed E-state index contributed by atoms with van der Waals surface area (Å²) < 4.78 is 22.6. The summed E-state index contributed by atoms with van der Waals surface area (Å²) in [6.45, 7) is 8.32. The first kappa shape index (κ1) is 37.9. The summed E-state index contributed by atoms with van der Waals surface area (Å²) >= 11 is 0. The molecule has 3 aromatic heterocycles. The third-order valence-electron chi connectivity index (χ3n) is 11.2. The molecule has 7 heterocycles. The molecule has 1 unspecified atom stereocenters. The average molecular weight is 781 g/mol. The highest BCUT2D eigenvalue weighted by molar-refractivity contribution is 6.09. The van der Waals surface area contributed by atoms with E-state index in [9.17, 15) is 24.0 Å². The number of piperidine rings is 3. The maximum atomic E-state index is 15.1. The monoisotopic (exact) mass is 780 g/mol. The first-order valence-corrected chi connectivity index (χ1v) is 19.5. The van der Waals surface area contributed by atoms with Gasteiger partial charge in [0.05, 0.1) is 17.9 Å². The summed E-state index contributed by atoms with van der Waals surface area (Å²) in [5.74, 6) is -2.19. The van der Waals surface area contributed by atoms with Crippen LogP contribution in [0, 0.1) is 11.7 Å². The molecule has 0 spiro atoms. The Morgan fingerprint density at radius 3 is 2.53 bits per heavy atom. The third-order valence-corrected chi connectivity index (χ3v) is 11.2. The number of carbonyl (C=O) groups excluding carboxylic acids is 5.